The zero-order valence-electron chi connectivity index (χ0n) is 8.44. The van der Waals surface area contributed by atoms with Gasteiger partial charge < -0.3 is 5.73 Å². The van der Waals surface area contributed by atoms with Gasteiger partial charge in [-0.3, -0.25) is 0 Å². The summed E-state index contributed by atoms with van der Waals surface area (Å²) < 4.78 is 2.06. The van der Waals surface area contributed by atoms with Crippen LogP contribution < -0.4 is 5.73 Å². The van der Waals surface area contributed by atoms with E-state index in [2.05, 4.69) is 25.9 Å². The molecule has 0 amide bonds. The zero-order valence-corrected chi connectivity index (χ0v) is 10.8. The number of hydrogen-bond donors (Lipinski definition) is 1. The average molecular weight is 305 g/mol. The summed E-state index contributed by atoms with van der Waals surface area (Å²) in [5.41, 5.74) is 5.88. The second kappa shape index (κ2) is 3.65. The Labute approximate surface area is 109 Å². The van der Waals surface area contributed by atoms with E-state index in [1.165, 1.54) is 11.3 Å². The minimum Gasteiger partial charge on any atom is -0.383 e. The standard InChI is InChI=1S/C11H5BrN4S/c12-5-1-2-7-6(3-5)9-10(14)15-8(4-13)16-11(9)17-7/h1-3H,(H2,14,15,16). The molecule has 0 spiro atoms. The van der Waals surface area contributed by atoms with Crippen molar-refractivity contribution in [2.45, 2.75) is 0 Å². The number of aromatic nitrogens is 2. The Kier molecular flexibility index (Phi) is 2.24. The van der Waals surface area contributed by atoms with Gasteiger partial charge in [0.2, 0.25) is 5.82 Å². The Bertz CT molecular complexity index is 787. The van der Waals surface area contributed by atoms with Crippen LogP contribution >= 0.6 is 27.3 Å². The van der Waals surface area contributed by atoms with Crippen molar-refractivity contribution in [2.75, 3.05) is 5.73 Å². The van der Waals surface area contributed by atoms with Crippen LogP contribution in [0.5, 0.6) is 0 Å². The number of rotatable bonds is 0. The van der Waals surface area contributed by atoms with Crippen LogP contribution in [0.2, 0.25) is 0 Å². The first kappa shape index (κ1) is 10.4. The minimum absolute atomic E-state index is 0.112. The van der Waals surface area contributed by atoms with Crippen LogP contribution in [0, 0.1) is 11.3 Å². The second-order valence-corrected chi connectivity index (χ2v) is 5.41. The van der Waals surface area contributed by atoms with Crippen molar-refractivity contribution in [2.24, 2.45) is 0 Å². The van der Waals surface area contributed by atoms with Crippen molar-refractivity contribution in [3.8, 4) is 6.07 Å². The monoisotopic (exact) mass is 304 g/mol. The summed E-state index contributed by atoms with van der Waals surface area (Å²) in [4.78, 5) is 8.89. The first-order valence-electron chi connectivity index (χ1n) is 4.74. The molecular formula is C11H5BrN4S. The van der Waals surface area contributed by atoms with Gasteiger partial charge in [0.1, 0.15) is 16.7 Å². The summed E-state index contributed by atoms with van der Waals surface area (Å²) in [6.45, 7) is 0. The van der Waals surface area contributed by atoms with Gasteiger partial charge in [0, 0.05) is 14.6 Å². The number of nitrogen functional groups attached to an aromatic ring is 1. The number of benzene rings is 1. The van der Waals surface area contributed by atoms with Gasteiger partial charge in [0.25, 0.3) is 0 Å². The molecule has 0 unspecified atom stereocenters. The van der Waals surface area contributed by atoms with Crippen molar-refractivity contribution in [1.29, 1.82) is 5.26 Å². The van der Waals surface area contributed by atoms with Crippen LogP contribution in [0.15, 0.2) is 22.7 Å². The van der Waals surface area contributed by atoms with Crippen molar-refractivity contribution in [1.82, 2.24) is 9.97 Å². The third-order valence-electron chi connectivity index (χ3n) is 2.42. The van der Waals surface area contributed by atoms with Crippen molar-refractivity contribution in [3.63, 3.8) is 0 Å². The molecule has 82 valence electrons. The van der Waals surface area contributed by atoms with E-state index in [0.29, 0.717) is 5.82 Å². The lowest BCUT2D eigenvalue weighted by molar-refractivity contribution is 1.18. The highest BCUT2D eigenvalue weighted by Crippen LogP contribution is 2.36. The summed E-state index contributed by atoms with van der Waals surface area (Å²) in [6.07, 6.45) is 0. The summed E-state index contributed by atoms with van der Waals surface area (Å²) in [6, 6.07) is 7.86. The van der Waals surface area contributed by atoms with E-state index in [4.69, 9.17) is 11.0 Å². The maximum atomic E-state index is 8.81. The molecule has 0 saturated heterocycles. The van der Waals surface area contributed by atoms with Gasteiger partial charge >= 0.3 is 0 Å². The van der Waals surface area contributed by atoms with Crippen molar-refractivity contribution >= 4 is 53.4 Å². The van der Waals surface area contributed by atoms with Gasteiger partial charge in [-0.15, -0.1) is 11.3 Å². The molecule has 0 fully saturated rings. The summed E-state index contributed by atoms with van der Waals surface area (Å²) in [5, 5.41) is 10.6. The summed E-state index contributed by atoms with van der Waals surface area (Å²) >= 11 is 4.94. The van der Waals surface area contributed by atoms with E-state index in [1.807, 2.05) is 24.3 Å². The number of nitrogens with two attached hydrogens (primary N) is 1. The molecule has 0 aliphatic carbocycles. The highest BCUT2D eigenvalue weighted by Gasteiger charge is 2.12. The van der Waals surface area contributed by atoms with Crippen molar-refractivity contribution < 1.29 is 0 Å². The smallest absolute Gasteiger partial charge is 0.235 e. The van der Waals surface area contributed by atoms with E-state index in [-0.39, 0.29) is 5.82 Å². The van der Waals surface area contributed by atoms with E-state index in [0.717, 1.165) is 24.8 Å². The fourth-order valence-corrected chi connectivity index (χ4v) is 3.15. The van der Waals surface area contributed by atoms with E-state index >= 15 is 0 Å². The second-order valence-electron chi connectivity index (χ2n) is 3.47. The van der Waals surface area contributed by atoms with Gasteiger partial charge in [-0.2, -0.15) is 5.26 Å². The Morgan fingerprint density at radius 3 is 2.94 bits per heavy atom. The normalized spacial score (nSPS) is 10.8. The topological polar surface area (TPSA) is 75.6 Å². The van der Waals surface area contributed by atoms with Gasteiger partial charge in [-0.1, -0.05) is 15.9 Å². The van der Waals surface area contributed by atoms with E-state index in [9.17, 15) is 0 Å². The summed E-state index contributed by atoms with van der Waals surface area (Å²) in [7, 11) is 0. The fraction of sp³-hybridized carbons (Fsp3) is 0. The van der Waals surface area contributed by atoms with Gasteiger partial charge in [0.15, 0.2) is 0 Å². The first-order valence-corrected chi connectivity index (χ1v) is 6.35. The molecule has 2 aromatic heterocycles. The maximum Gasteiger partial charge on any atom is 0.235 e. The number of hydrogen-bond acceptors (Lipinski definition) is 5. The molecule has 1 aromatic carbocycles. The molecule has 0 bridgehead atoms. The van der Waals surface area contributed by atoms with E-state index in [1.54, 1.807) is 0 Å². The van der Waals surface area contributed by atoms with Gasteiger partial charge in [-0.05, 0) is 18.2 Å². The molecule has 3 rings (SSSR count). The lowest BCUT2D eigenvalue weighted by Gasteiger charge is -1.97. The Morgan fingerprint density at radius 2 is 2.18 bits per heavy atom. The fourth-order valence-electron chi connectivity index (χ4n) is 1.72. The van der Waals surface area contributed by atoms with Gasteiger partial charge in [-0.25, -0.2) is 9.97 Å². The van der Waals surface area contributed by atoms with Crippen LogP contribution in [-0.2, 0) is 0 Å². The predicted octanol–water partition coefficient (Wildman–Crippen LogP) is 3.06. The lowest BCUT2D eigenvalue weighted by atomic mass is 10.2. The Hall–Kier alpha value is -1.71. The van der Waals surface area contributed by atoms with Crippen LogP contribution in [-0.4, -0.2) is 9.97 Å². The van der Waals surface area contributed by atoms with Crippen LogP contribution in [0.3, 0.4) is 0 Å². The third-order valence-corrected chi connectivity index (χ3v) is 3.98. The molecule has 2 N–H and O–H groups in total. The number of nitriles is 1. The quantitative estimate of drug-likeness (QED) is 0.692. The SMILES string of the molecule is N#Cc1nc(N)c2c(n1)sc1ccc(Br)cc12. The number of thiophene rings is 1. The third kappa shape index (κ3) is 1.55. The minimum atomic E-state index is 0.112. The Morgan fingerprint density at radius 1 is 1.35 bits per heavy atom. The molecular weight excluding hydrogens is 300 g/mol. The molecule has 0 aliphatic rings. The van der Waals surface area contributed by atoms with Gasteiger partial charge in [0.05, 0.1) is 5.39 Å². The molecule has 0 radical (unpaired) electrons. The van der Waals surface area contributed by atoms with Crippen LogP contribution in [0.4, 0.5) is 5.82 Å². The number of halogens is 1. The Balaban J connectivity index is 2.54. The molecule has 0 saturated carbocycles. The maximum absolute atomic E-state index is 8.81. The van der Waals surface area contributed by atoms with E-state index < -0.39 is 0 Å². The van der Waals surface area contributed by atoms with Crippen LogP contribution in [0.1, 0.15) is 5.82 Å². The molecule has 0 aliphatic heterocycles. The predicted molar refractivity (Wildman–Crippen MR) is 71.7 cm³/mol. The van der Waals surface area contributed by atoms with Crippen molar-refractivity contribution in [3.05, 3.63) is 28.5 Å². The number of nitrogens with zero attached hydrogens (tertiary/aromatic N) is 3. The molecule has 6 heteroatoms. The number of anilines is 1. The summed E-state index contributed by atoms with van der Waals surface area (Å²) in [5.74, 6) is 0.469. The lowest BCUT2D eigenvalue weighted by Crippen LogP contribution is -1.96. The first-order chi connectivity index (χ1) is 8.19. The molecule has 2 heterocycles. The molecule has 0 atom stereocenters. The highest BCUT2D eigenvalue weighted by molar-refractivity contribution is 9.10. The largest absolute Gasteiger partial charge is 0.383 e. The molecule has 3 aromatic rings. The highest BCUT2D eigenvalue weighted by atomic mass is 79.9. The average Bonchev–Trinajstić information content (AvgIpc) is 2.66. The zero-order chi connectivity index (χ0) is 12.0. The van der Waals surface area contributed by atoms with Crippen LogP contribution in [0.25, 0.3) is 20.3 Å². The number of fused-ring (bicyclic) bond motifs is 3. The molecule has 4 nitrogen and oxygen atoms in total. The molecule has 17 heavy (non-hydrogen) atoms.